The van der Waals surface area contributed by atoms with Gasteiger partial charge in [-0.15, -0.1) is 5.10 Å². The molecule has 3 aliphatic rings. The summed E-state index contributed by atoms with van der Waals surface area (Å²) in [7, 11) is 0. The molecule has 174 valence electrons. The fourth-order valence-electron chi connectivity index (χ4n) is 5.51. The monoisotopic (exact) mass is 468 g/mol. The van der Waals surface area contributed by atoms with E-state index in [4.69, 9.17) is 0 Å². The maximum absolute atomic E-state index is 16.1. The maximum Gasteiger partial charge on any atom is 0.287 e. The molecule has 0 aliphatic heterocycles. The van der Waals surface area contributed by atoms with Crippen molar-refractivity contribution >= 4 is 0 Å². The molecule has 11 heteroatoms. The molecule has 1 N–H and O–H groups in total. The third-order valence-electron chi connectivity index (χ3n) is 7.15. The Balaban J connectivity index is 1.48. The molecule has 5 nitrogen and oxygen atoms in total. The van der Waals surface area contributed by atoms with Gasteiger partial charge in [0.05, 0.1) is 6.54 Å². The summed E-state index contributed by atoms with van der Waals surface area (Å²) in [4.78, 5) is 0. The van der Waals surface area contributed by atoms with E-state index in [1.807, 2.05) is 0 Å². The van der Waals surface area contributed by atoms with Crippen molar-refractivity contribution in [3.05, 3.63) is 77.1 Å². The first kappa shape index (κ1) is 21.9. The van der Waals surface area contributed by atoms with Crippen LogP contribution in [0, 0.1) is 17.0 Å². The summed E-state index contributed by atoms with van der Waals surface area (Å²) >= 11 is 0. The Morgan fingerprint density at radius 3 is 2.24 bits per heavy atom. The summed E-state index contributed by atoms with van der Waals surface area (Å²) in [6.45, 7) is -0.854. The molecule has 3 aromatic rings. The molecule has 1 atom stereocenters. The van der Waals surface area contributed by atoms with Crippen LogP contribution in [0.25, 0.3) is 0 Å². The van der Waals surface area contributed by atoms with Crippen molar-refractivity contribution in [3.8, 4) is 0 Å². The third kappa shape index (κ3) is 3.01. The molecule has 1 unspecified atom stereocenters. The zero-order chi connectivity index (χ0) is 23.6. The Bertz CT molecular complexity index is 1160. The van der Waals surface area contributed by atoms with Crippen LogP contribution < -0.4 is 0 Å². The molecule has 0 spiro atoms. The van der Waals surface area contributed by atoms with Crippen LogP contribution in [0.3, 0.4) is 0 Å². The molecule has 2 aromatic carbocycles. The van der Waals surface area contributed by atoms with Crippen LogP contribution in [-0.4, -0.2) is 31.2 Å². The Labute approximate surface area is 184 Å². The van der Waals surface area contributed by atoms with Crippen molar-refractivity contribution in [1.82, 2.24) is 20.2 Å². The van der Waals surface area contributed by atoms with Crippen LogP contribution in [0.4, 0.5) is 26.3 Å². The summed E-state index contributed by atoms with van der Waals surface area (Å²) in [5.74, 6) is -6.12. The number of benzene rings is 2. The second-order valence-corrected chi connectivity index (χ2v) is 9.08. The highest BCUT2D eigenvalue weighted by atomic mass is 19.3. The minimum atomic E-state index is -3.84. The van der Waals surface area contributed by atoms with Gasteiger partial charge in [0.15, 0.2) is 5.60 Å². The van der Waals surface area contributed by atoms with Crippen molar-refractivity contribution in [2.45, 2.75) is 49.2 Å². The van der Waals surface area contributed by atoms with E-state index in [0.29, 0.717) is 11.6 Å². The predicted octanol–water partition coefficient (Wildman–Crippen LogP) is 4.53. The lowest BCUT2D eigenvalue weighted by atomic mass is 9.30. The van der Waals surface area contributed by atoms with E-state index in [0.717, 1.165) is 23.1 Å². The maximum atomic E-state index is 16.1. The second-order valence-electron chi connectivity index (χ2n) is 9.08. The van der Waals surface area contributed by atoms with Gasteiger partial charge in [-0.1, -0.05) is 24.3 Å². The normalized spacial score (nSPS) is 25.9. The first-order valence-corrected chi connectivity index (χ1v) is 10.2. The topological polar surface area (TPSA) is 63.8 Å². The number of tetrazole rings is 1. The Morgan fingerprint density at radius 1 is 1.03 bits per heavy atom. The van der Waals surface area contributed by atoms with Crippen LogP contribution in [-0.2, 0) is 17.6 Å². The van der Waals surface area contributed by atoms with Crippen LogP contribution in [0.1, 0.15) is 42.4 Å². The second kappa shape index (κ2) is 7.02. The largest absolute Gasteiger partial charge is 0.377 e. The minimum absolute atomic E-state index is 0.0121. The minimum Gasteiger partial charge on any atom is -0.377 e. The van der Waals surface area contributed by atoms with Gasteiger partial charge in [-0.25, -0.2) is 31.0 Å². The van der Waals surface area contributed by atoms with E-state index in [1.54, 1.807) is 0 Å². The third-order valence-corrected chi connectivity index (χ3v) is 7.15. The fourth-order valence-corrected chi connectivity index (χ4v) is 5.51. The van der Waals surface area contributed by atoms with Crippen LogP contribution in [0.5, 0.6) is 0 Å². The van der Waals surface area contributed by atoms with Crippen LogP contribution in [0.2, 0.25) is 0 Å². The molecule has 1 aromatic heterocycles. The highest BCUT2D eigenvalue weighted by Gasteiger charge is 2.82. The smallest absolute Gasteiger partial charge is 0.287 e. The molecular formula is C22H18F6N4O. The average molecular weight is 468 g/mol. The molecule has 2 bridgehead atoms. The van der Waals surface area contributed by atoms with Crippen LogP contribution in [0.15, 0.2) is 48.8 Å². The zero-order valence-corrected chi connectivity index (χ0v) is 17.0. The van der Waals surface area contributed by atoms with Crippen molar-refractivity contribution in [1.29, 1.82) is 0 Å². The Morgan fingerprint density at radius 2 is 1.70 bits per heavy atom. The SMILES string of the molecule is OC(Cn1cnnn1)(c1ccc(F)cc1F)C(F)(F)C12CC(c3ccc(C(F)F)cc3)(C1)C2. The van der Waals surface area contributed by atoms with Gasteiger partial charge in [0, 0.05) is 22.6 Å². The van der Waals surface area contributed by atoms with Gasteiger partial charge in [-0.3, -0.25) is 0 Å². The van der Waals surface area contributed by atoms with Gasteiger partial charge >= 0.3 is 0 Å². The number of alkyl halides is 4. The lowest BCUT2D eigenvalue weighted by Crippen LogP contribution is -2.76. The van der Waals surface area contributed by atoms with E-state index < -0.39 is 52.5 Å². The standard InChI is InChI=1S/C22H18F6N4O/c23-15-5-6-16(17(24)7-15)21(33,11-32-12-29-30-31-32)22(27,28)20-8-19(9-20,10-20)14-3-1-13(2-4-14)18(25)26/h1-7,12,18,33H,8-11H2. The van der Waals surface area contributed by atoms with Gasteiger partial charge in [0.2, 0.25) is 0 Å². The van der Waals surface area contributed by atoms with Crippen molar-refractivity contribution in [2.75, 3.05) is 0 Å². The highest BCUT2D eigenvalue weighted by molar-refractivity contribution is 5.43. The number of nitrogens with zero attached hydrogens (tertiary/aromatic N) is 4. The van der Waals surface area contributed by atoms with Crippen molar-refractivity contribution in [3.63, 3.8) is 0 Å². The van der Waals surface area contributed by atoms with Gasteiger partial charge in [0.1, 0.15) is 18.0 Å². The van der Waals surface area contributed by atoms with E-state index in [1.165, 1.54) is 24.3 Å². The van der Waals surface area contributed by atoms with Crippen molar-refractivity contribution < 1.29 is 31.4 Å². The lowest BCUT2D eigenvalue weighted by molar-refractivity contribution is -0.347. The van der Waals surface area contributed by atoms with Gasteiger partial charge in [-0.05, 0) is 52.8 Å². The van der Waals surface area contributed by atoms with Gasteiger partial charge in [0.25, 0.3) is 12.3 Å². The number of aliphatic hydroxyl groups is 1. The number of hydrogen-bond acceptors (Lipinski definition) is 4. The molecular weight excluding hydrogens is 450 g/mol. The van der Waals surface area contributed by atoms with E-state index in [9.17, 15) is 22.7 Å². The molecule has 3 saturated carbocycles. The molecule has 33 heavy (non-hydrogen) atoms. The number of hydrogen-bond donors (Lipinski definition) is 1. The van der Waals surface area contributed by atoms with Crippen molar-refractivity contribution in [2.24, 2.45) is 5.41 Å². The molecule has 0 saturated heterocycles. The summed E-state index contributed by atoms with van der Waals surface area (Å²) in [6.07, 6.45) is -1.66. The number of rotatable bonds is 7. The molecule has 0 amide bonds. The Hall–Kier alpha value is -2.95. The van der Waals surface area contributed by atoms with Gasteiger partial charge < -0.3 is 5.11 Å². The zero-order valence-electron chi connectivity index (χ0n) is 17.0. The van der Waals surface area contributed by atoms with Crippen LogP contribution >= 0.6 is 0 Å². The number of aromatic nitrogens is 4. The van der Waals surface area contributed by atoms with Gasteiger partial charge in [-0.2, -0.15) is 0 Å². The molecule has 0 radical (unpaired) electrons. The summed E-state index contributed by atoms with van der Waals surface area (Å²) in [5.41, 5.74) is -5.57. The average Bonchev–Trinajstić information content (AvgIpc) is 3.18. The number of halogens is 6. The van der Waals surface area contributed by atoms with E-state index >= 15 is 8.78 Å². The molecule has 6 rings (SSSR count). The molecule has 3 fully saturated rings. The molecule has 1 heterocycles. The Kier molecular flexibility index (Phi) is 4.65. The summed E-state index contributed by atoms with van der Waals surface area (Å²) in [6, 6.07) is 7.59. The highest BCUT2D eigenvalue weighted by Crippen LogP contribution is 2.80. The van der Waals surface area contributed by atoms with E-state index in [2.05, 4.69) is 15.5 Å². The molecule has 3 aliphatic carbocycles. The fraction of sp³-hybridized carbons (Fsp3) is 0.409. The van der Waals surface area contributed by atoms with E-state index in [-0.39, 0.29) is 24.8 Å². The lowest BCUT2D eigenvalue weighted by Gasteiger charge is -2.74. The predicted molar refractivity (Wildman–Crippen MR) is 102 cm³/mol. The first-order chi connectivity index (χ1) is 15.5. The summed E-state index contributed by atoms with van der Waals surface area (Å²) < 4.78 is 86.7. The summed E-state index contributed by atoms with van der Waals surface area (Å²) in [5, 5.41) is 21.6. The first-order valence-electron chi connectivity index (χ1n) is 10.2. The quantitative estimate of drug-likeness (QED) is 0.518.